The number of allylic oxidation sites excluding steroid dienone is 2. The van der Waals surface area contributed by atoms with Crippen molar-refractivity contribution >= 4 is 23.6 Å². The summed E-state index contributed by atoms with van der Waals surface area (Å²) in [5, 5.41) is 3.15. The summed E-state index contributed by atoms with van der Waals surface area (Å²) < 4.78 is 0. The molecule has 0 amide bonds. The molecule has 1 aromatic carbocycles. The summed E-state index contributed by atoms with van der Waals surface area (Å²) in [4.78, 5) is 12.7. The normalized spacial score (nSPS) is 17.4. The zero-order chi connectivity index (χ0) is 12.1. The third-order valence-corrected chi connectivity index (χ3v) is 2.27. The molecule has 0 fully saturated rings. The Morgan fingerprint density at radius 2 is 1.94 bits per heavy atom. The summed E-state index contributed by atoms with van der Waals surface area (Å²) in [5.41, 5.74) is 2.60. The van der Waals surface area contributed by atoms with Crippen LogP contribution >= 0.6 is 0 Å². The van der Waals surface area contributed by atoms with E-state index in [4.69, 9.17) is 0 Å². The van der Waals surface area contributed by atoms with E-state index in [2.05, 4.69) is 20.3 Å². The quantitative estimate of drug-likeness (QED) is 0.774. The number of nitrogens with one attached hydrogen (secondary N) is 1. The van der Waals surface area contributed by atoms with E-state index in [1.54, 1.807) is 13.3 Å². The summed E-state index contributed by atoms with van der Waals surface area (Å²) >= 11 is 0. The average molecular weight is 226 g/mol. The van der Waals surface area contributed by atoms with E-state index in [1.165, 1.54) is 0 Å². The molecule has 1 N–H and O–H groups in total. The zero-order valence-electron chi connectivity index (χ0n) is 9.88. The van der Waals surface area contributed by atoms with Crippen LogP contribution in [0.1, 0.15) is 6.92 Å². The van der Waals surface area contributed by atoms with Crippen molar-refractivity contribution in [1.82, 2.24) is 0 Å². The van der Waals surface area contributed by atoms with Crippen molar-refractivity contribution in [2.75, 3.05) is 12.4 Å². The summed E-state index contributed by atoms with van der Waals surface area (Å²) in [7, 11) is 1.72. The number of aliphatic imine (C=N–C) groups is 3. The number of hydrogen-bond acceptors (Lipinski definition) is 4. The fourth-order valence-corrected chi connectivity index (χ4v) is 1.50. The Balaban J connectivity index is 2.19. The first kappa shape index (κ1) is 11.3. The van der Waals surface area contributed by atoms with Crippen LogP contribution in [-0.2, 0) is 0 Å². The van der Waals surface area contributed by atoms with Crippen molar-refractivity contribution in [3.63, 3.8) is 0 Å². The Hall–Kier alpha value is -2.23. The standard InChI is InChI=1S/C13H14N4/c1-3-11-12(9-14-2)17-13(16-11)15-10-7-5-4-6-8-10/h3-9H,1-2H3,(H,15,16)/b11-3+,14-9?. The predicted octanol–water partition coefficient (Wildman–Crippen LogP) is 2.51. The van der Waals surface area contributed by atoms with Gasteiger partial charge in [-0.05, 0) is 19.1 Å². The number of anilines is 1. The molecule has 0 atom stereocenters. The highest BCUT2D eigenvalue weighted by Crippen LogP contribution is 2.12. The molecule has 0 radical (unpaired) electrons. The maximum absolute atomic E-state index is 4.37. The summed E-state index contributed by atoms with van der Waals surface area (Å²) in [6.45, 7) is 1.93. The van der Waals surface area contributed by atoms with E-state index >= 15 is 0 Å². The van der Waals surface area contributed by atoms with Crippen LogP contribution in [0.5, 0.6) is 0 Å². The summed E-state index contributed by atoms with van der Waals surface area (Å²) in [6, 6.07) is 9.84. The molecular formula is C13H14N4. The molecule has 17 heavy (non-hydrogen) atoms. The SMILES string of the molecule is C/C=C1/N=C(Nc2ccccc2)N=C1C=NC. The van der Waals surface area contributed by atoms with Crippen molar-refractivity contribution in [3.05, 3.63) is 42.1 Å². The van der Waals surface area contributed by atoms with Gasteiger partial charge in [0.2, 0.25) is 5.96 Å². The highest BCUT2D eigenvalue weighted by molar-refractivity contribution is 6.42. The molecule has 0 unspecified atom stereocenters. The largest absolute Gasteiger partial charge is 0.324 e. The minimum Gasteiger partial charge on any atom is -0.324 e. The summed E-state index contributed by atoms with van der Waals surface area (Å²) in [6.07, 6.45) is 3.62. The van der Waals surface area contributed by atoms with Crippen molar-refractivity contribution in [2.45, 2.75) is 6.92 Å². The molecule has 0 aromatic heterocycles. The molecule has 4 heteroatoms. The van der Waals surface area contributed by atoms with Crippen molar-refractivity contribution < 1.29 is 0 Å². The van der Waals surface area contributed by atoms with E-state index in [1.807, 2.05) is 43.3 Å². The van der Waals surface area contributed by atoms with E-state index < -0.39 is 0 Å². The van der Waals surface area contributed by atoms with Gasteiger partial charge in [0.25, 0.3) is 0 Å². The first-order chi connectivity index (χ1) is 8.33. The lowest BCUT2D eigenvalue weighted by Gasteiger charge is -2.01. The number of benzene rings is 1. The molecule has 4 nitrogen and oxygen atoms in total. The van der Waals surface area contributed by atoms with E-state index in [-0.39, 0.29) is 0 Å². The first-order valence-corrected chi connectivity index (χ1v) is 5.42. The lowest BCUT2D eigenvalue weighted by Crippen LogP contribution is -2.07. The number of hydrogen-bond donors (Lipinski definition) is 1. The second-order valence-electron chi connectivity index (χ2n) is 3.48. The van der Waals surface area contributed by atoms with Crippen LogP contribution in [0.4, 0.5) is 5.69 Å². The van der Waals surface area contributed by atoms with Gasteiger partial charge in [-0.25, -0.2) is 9.98 Å². The molecular weight excluding hydrogens is 212 g/mol. The average Bonchev–Trinajstić information content (AvgIpc) is 2.73. The topological polar surface area (TPSA) is 49.1 Å². The third kappa shape index (κ3) is 2.66. The molecule has 1 aliphatic rings. The van der Waals surface area contributed by atoms with Gasteiger partial charge in [-0.3, -0.25) is 4.99 Å². The van der Waals surface area contributed by atoms with Crippen LogP contribution in [0.3, 0.4) is 0 Å². The Kier molecular flexibility index (Phi) is 3.45. The molecule has 1 aliphatic heterocycles. The Labute approximate surface area is 101 Å². The van der Waals surface area contributed by atoms with Crippen LogP contribution in [0.2, 0.25) is 0 Å². The minimum atomic E-state index is 0.596. The second kappa shape index (κ2) is 5.21. The maximum atomic E-state index is 4.37. The highest BCUT2D eigenvalue weighted by atomic mass is 15.2. The van der Waals surface area contributed by atoms with Gasteiger partial charge in [0.15, 0.2) is 0 Å². The van der Waals surface area contributed by atoms with Gasteiger partial charge in [-0.1, -0.05) is 24.3 Å². The second-order valence-corrected chi connectivity index (χ2v) is 3.48. The molecule has 86 valence electrons. The minimum absolute atomic E-state index is 0.596. The van der Waals surface area contributed by atoms with Crippen molar-refractivity contribution in [3.8, 4) is 0 Å². The molecule has 1 aromatic rings. The smallest absolute Gasteiger partial charge is 0.228 e. The molecule has 2 rings (SSSR count). The molecule has 0 spiro atoms. The molecule has 0 saturated heterocycles. The Morgan fingerprint density at radius 3 is 2.59 bits per heavy atom. The van der Waals surface area contributed by atoms with Gasteiger partial charge in [0, 0.05) is 18.9 Å². The fraction of sp³-hybridized carbons (Fsp3) is 0.154. The van der Waals surface area contributed by atoms with Gasteiger partial charge < -0.3 is 5.32 Å². The van der Waals surface area contributed by atoms with Gasteiger partial charge in [0.1, 0.15) is 5.71 Å². The molecule has 0 bridgehead atoms. The Bertz CT molecular complexity index is 509. The van der Waals surface area contributed by atoms with Gasteiger partial charge >= 0.3 is 0 Å². The third-order valence-electron chi connectivity index (χ3n) is 2.27. The van der Waals surface area contributed by atoms with Gasteiger partial charge in [-0.2, -0.15) is 0 Å². The lowest BCUT2D eigenvalue weighted by atomic mass is 10.3. The maximum Gasteiger partial charge on any atom is 0.228 e. The van der Waals surface area contributed by atoms with E-state index in [9.17, 15) is 0 Å². The first-order valence-electron chi connectivity index (χ1n) is 5.42. The van der Waals surface area contributed by atoms with Crippen molar-refractivity contribution in [1.29, 1.82) is 0 Å². The number of rotatable bonds is 2. The highest BCUT2D eigenvalue weighted by Gasteiger charge is 2.13. The molecule has 1 heterocycles. The van der Waals surface area contributed by atoms with Crippen LogP contribution in [0, 0.1) is 0 Å². The van der Waals surface area contributed by atoms with Crippen LogP contribution < -0.4 is 5.32 Å². The van der Waals surface area contributed by atoms with Crippen LogP contribution in [0.25, 0.3) is 0 Å². The van der Waals surface area contributed by atoms with Crippen LogP contribution in [-0.4, -0.2) is 24.9 Å². The fourth-order valence-electron chi connectivity index (χ4n) is 1.50. The molecule has 0 saturated carbocycles. The predicted molar refractivity (Wildman–Crippen MR) is 73.1 cm³/mol. The summed E-state index contributed by atoms with van der Waals surface area (Å²) in [5.74, 6) is 0.596. The zero-order valence-corrected chi connectivity index (χ0v) is 9.88. The lowest BCUT2D eigenvalue weighted by molar-refractivity contribution is 1.44. The number of guanidine groups is 1. The molecule has 0 aliphatic carbocycles. The Morgan fingerprint density at radius 1 is 1.18 bits per heavy atom. The van der Waals surface area contributed by atoms with Gasteiger partial charge in [-0.15, -0.1) is 0 Å². The van der Waals surface area contributed by atoms with Gasteiger partial charge in [0.05, 0.1) is 5.70 Å². The monoisotopic (exact) mass is 226 g/mol. The van der Waals surface area contributed by atoms with Crippen LogP contribution in [0.15, 0.2) is 57.1 Å². The number of para-hydroxylation sites is 1. The number of nitrogens with zero attached hydrogens (tertiary/aromatic N) is 3. The van der Waals surface area contributed by atoms with E-state index in [0.717, 1.165) is 17.1 Å². The van der Waals surface area contributed by atoms with Crippen molar-refractivity contribution in [2.24, 2.45) is 15.0 Å². The van der Waals surface area contributed by atoms with E-state index in [0.29, 0.717) is 5.96 Å².